The van der Waals surface area contributed by atoms with E-state index >= 15 is 0 Å². The van der Waals surface area contributed by atoms with Gasteiger partial charge in [0.15, 0.2) is 0 Å². The Morgan fingerprint density at radius 2 is 1.63 bits per heavy atom. The summed E-state index contributed by atoms with van der Waals surface area (Å²) in [6.45, 7) is 6.63. The average molecular weight is 363 g/mol. The maximum absolute atomic E-state index is 12.2. The van der Waals surface area contributed by atoms with Crippen LogP contribution in [0.15, 0.2) is 48.5 Å². The first-order valence-electron chi connectivity index (χ1n) is 8.94. The van der Waals surface area contributed by atoms with Gasteiger partial charge < -0.3 is 10.6 Å². The molecule has 0 saturated heterocycles. The standard InChI is InChI=1S/C22H25N3O2/c1-22(2,3)18-8-6-17(7-9-18)21(27)24-15-13-20(26)25-19-10-4-16(5-11-19)12-14-23/h4-11H,12-13,15H2,1-3H3,(H,24,27)(H,25,26). The van der Waals surface area contributed by atoms with Crippen LogP contribution in [0.1, 0.15) is 48.7 Å². The number of benzene rings is 2. The first-order valence-corrected chi connectivity index (χ1v) is 8.94. The summed E-state index contributed by atoms with van der Waals surface area (Å²) >= 11 is 0. The van der Waals surface area contributed by atoms with E-state index in [0.717, 1.165) is 5.56 Å². The topological polar surface area (TPSA) is 82.0 Å². The lowest BCUT2D eigenvalue weighted by Crippen LogP contribution is -2.27. The smallest absolute Gasteiger partial charge is 0.251 e. The third-order valence-electron chi connectivity index (χ3n) is 4.17. The minimum atomic E-state index is -0.191. The molecule has 27 heavy (non-hydrogen) atoms. The Morgan fingerprint density at radius 3 is 2.19 bits per heavy atom. The summed E-state index contributed by atoms with van der Waals surface area (Å²) in [6, 6.07) is 16.7. The molecule has 0 aliphatic heterocycles. The highest BCUT2D eigenvalue weighted by atomic mass is 16.2. The molecule has 0 bridgehead atoms. The van der Waals surface area contributed by atoms with Crippen LogP contribution in [-0.2, 0) is 16.6 Å². The zero-order valence-electron chi connectivity index (χ0n) is 16.0. The van der Waals surface area contributed by atoms with Crippen LogP contribution in [0.4, 0.5) is 5.69 Å². The molecular formula is C22H25N3O2. The van der Waals surface area contributed by atoms with Crippen molar-refractivity contribution < 1.29 is 9.59 Å². The van der Waals surface area contributed by atoms with Crippen LogP contribution >= 0.6 is 0 Å². The Hall–Kier alpha value is -3.13. The number of carbonyl (C=O) groups is 2. The second-order valence-electron chi connectivity index (χ2n) is 7.41. The lowest BCUT2D eigenvalue weighted by atomic mass is 9.87. The van der Waals surface area contributed by atoms with Crippen LogP contribution in [0.5, 0.6) is 0 Å². The van der Waals surface area contributed by atoms with Gasteiger partial charge in [0.05, 0.1) is 12.5 Å². The molecule has 0 spiro atoms. The van der Waals surface area contributed by atoms with E-state index in [1.807, 2.05) is 24.3 Å². The van der Waals surface area contributed by atoms with Gasteiger partial charge in [0.25, 0.3) is 5.91 Å². The Balaban J connectivity index is 1.79. The summed E-state index contributed by atoms with van der Waals surface area (Å²) in [5.41, 5.74) is 3.36. The van der Waals surface area contributed by atoms with Crippen molar-refractivity contribution in [2.75, 3.05) is 11.9 Å². The predicted octanol–water partition coefficient (Wildman–Crippen LogP) is 3.81. The minimum Gasteiger partial charge on any atom is -0.352 e. The molecule has 0 fully saturated rings. The number of anilines is 1. The summed E-state index contributed by atoms with van der Waals surface area (Å²) in [4.78, 5) is 24.2. The number of nitrogens with one attached hydrogen (secondary N) is 2. The molecule has 2 amide bonds. The fourth-order valence-corrected chi connectivity index (χ4v) is 2.53. The summed E-state index contributed by atoms with van der Waals surface area (Å²) in [5, 5.41) is 14.2. The molecule has 0 aliphatic carbocycles. The number of nitriles is 1. The Morgan fingerprint density at radius 1 is 1.00 bits per heavy atom. The van der Waals surface area contributed by atoms with Crippen molar-refractivity contribution in [2.45, 2.75) is 39.0 Å². The molecule has 0 radical (unpaired) electrons. The second kappa shape index (κ2) is 9.00. The summed E-state index contributed by atoms with van der Waals surface area (Å²) in [6.07, 6.45) is 0.531. The molecule has 2 rings (SSSR count). The molecule has 0 aliphatic rings. The van der Waals surface area contributed by atoms with Crippen molar-refractivity contribution in [1.82, 2.24) is 5.32 Å². The molecule has 5 heteroatoms. The molecule has 2 N–H and O–H groups in total. The van der Waals surface area contributed by atoms with Crippen molar-refractivity contribution in [1.29, 1.82) is 5.26 Å². The van der Waals surface area contributed by atoms with E-state index in [0.29, 0.717) is 17.7 Å². The molecule has 0 aromatic heterocycles. The monoisotopic (exact) mass is 363 g/mol. The van der Waals surface area contributed by atoms with Gasteiger partial charge in [-0.05, 0) is 40.8 Å². The van der Waals surface area contributed by atoms with Gasteiger partial charge in [0.2, 0.25) is 5.91 Å². The number of hydrogen-bond acceptors (Lipinski definition) is 3. The fourth-order valence-electron chi connectivity index (χ4n) is 2.53. The summed E-state index contributed by atoms with van der Waals surface area (Å²) in [5.74, 6) is -0.365. The number of amides is 2. The lowest BCUT2D eigenvalue weighted by Gasteiger charge is -2.19. The molecular weight excluding hydrogens is 338 g/mol. The Labute approximate surface area is 160 Å². The first-order chi connectivity index (χ1) is 12.8. The van der Waals surface area contributed by atoms with Gasteiger partial charge in [0.1, 0.15) is 0 Å². The minimum absolute atomic E-state index is 0.0416. The first kappa shape index (κ1) is 20.2. The van der Waals surface area contributed by atoms with Crippen LogP contribution in [0.3, 0.4) is 0 Å². The molecule has 2 aromatic rings. The molecule has 0 saturated carbocycles. The van der Waals surface area contributed by atoms with Gasteiger partial charge in [-0.25, -0.2) is 0 Å². The van der Waals surface area contributed by atoms with Gasteiger partial charge in [-0.2, -0.15) is 5.26 Å². The maximum atomic E-state index is 12.2. The predicted molar refractivity (Wildman–Crippen MR) is 106 cm³/mol. The van der Waals surface area contributed by atoms with Crippen molar-refractivity contribution in [3.05, 3.63) is 65.2 Å². The Bertz CT molecular complexity index is 826. The van der Waals surface area contributed by atoms with Crippen molar-refractivity contribution in [3.63, 3.8) is 0 Å². The maximum Gasteiger partial charge on any atom is 0.251 e. The van der Waals surface area contributed by atoms with E-state index in [2.05, 4.69) is 37.5 Å². The third-order valence-corrected chi connectivity index (χ3v) is 4.17. The van der Waals surface area contributed by atoms with E-state index in [1.54, 1.807) is 24.3 Å². The molecule has 140 valence electrons. The van der Waals surface area contributed by atoms with E-state index in [1.165, 1.54) is 5.56 Å². The zero-order valence-corrected chi connectivity index (χ0v) is 16.0. The molecule has 0 heterocycles. The highest BCUT2D eigenvalue weighted by molar-refractivity contribution is 5.95. The van der Waals surface area contributed by atoms with Crippen LogP contribution in [-0.4, -0.2) is 18.4 Å². The van der Waals surface area contributed by atoms with Gasteiger partial charge in [-0.3, -0.25) is 9.59 Å². The SMILES string of the molecule is CC(C)(C)c1ccc(C(=O)NCCC(=O)Nc2ccc(CC#N)cc2)cc1. The van der Waals surface area contributed by atoms with Gasteiger partial charge in [0, 0.05) is 24.2 Å². The molecule has 0 unspecified atom stereocenters. The number of nitrogens with zero attached hydrogens (tertiary/aromatic N) is 1. The van der Waals surface area contributed by atoms with E-state index in [9.17, 15) is 9.59 Å². The lowest BCUT2D eigenvalue weighted by molar-refractivity contribution is -0.116. The van der Waals surface area contributed by atoms with Crippen LogP contribution in [0.25, 0.3) is 0 Å². The van der Waals surface area contributed by atoms with Gasteiger partial charge in [-0.1, -0.05) is 45.0 Å². The largest absolute Gasteiger partial charge is 0.352 e. The Kier molecular flexibility index (Phi) is 6.73. The second-order valence-corrected chi connectivity index (χ2v) is 7.41. The van der Waals surface area contributed by atoms with E-state index < -0.39 is 0 Å². The van der Waals surface area contributed by atoms with Crippen molar-refractivity contribution in [3.8, 4) is 6.07 Å². The van der Waals surface area contributed by atoms with Crippen molar-refractivity contribution in [2.24, 2.45) is 0 Å². The number of carbonyl (C=O) groups excluding carboxylic acids is 2. The molecule has 2 aromatic carbocycles. The third kappa shape index (κ3) is 6.27. The molecule has 5 nitrogen and oxygen atoms in total. The van der Waals surface area contributed by atoms with Crippen LogP contribution < -0.4 is 10.6 Å². The van der Waals surface area contributed by atoms with E-state index in [-0.39, 0.29) is 30.2 Å². The average Bonchev–Trinajstić information content (AvgIpc) is 2.63. The van der Waals surface area contributed by atoms with Crippen molar-refractivity contribution >= 4 is 17.5 Å². The normalized spacial score (nSPS) is 10.7. The van der Waals surface area contributed by atoms with Crippen LogP contribution in [0.2, 0.25) is 0 Å². The zero-order chi connectivity index (χ0) is 19.9. The highest BCUT2D eigenvalue weighted by Gasteiger charge is 2.14. The quantitative estimate of drug-likeness (QED) is 0.819. The number of hydrogen-bond donors (Lipinski definition) is 2. The fraction of sp³-hybridized carbons (Fsp3) is 0.318. The van der Waals surface area contributed by atoms with Crippen LogP contribution in [0, 0.1) is 11.3 Å². The number of rotatable bonds is 6. The summed E-state index contributed by atoms with van der Waals surface area (Å²) < 4.78 is 0. The van der Waals surface area contributed by atoms with Gasteiger partial charge >= 0.3 is 0 Å². The van der Waals surface area contributed by atoms with Gasteiger partial charge in [-0.15, -0.1) is 0 Å². The highest BCUT2D eigenvalue weighted by Crippen LogP contribution is 2.22. The summed E-state index contributed by atoms with van der Waals surface area (Å²) in [7, 11) is 0. The van der Waals surface area contributed by atoms with E-state index in [4.69, 9.17) is 5.26 Å². The molecule has 0 atom stereocenters.